The molecule has 1 unspecified atom stereocenters. The van der Waals surface area contributed by atoms with Crippen LogP contribution in [-0.2, 0) is 33.4 Å². The van der Waals surface area contributed by atoms with Gasteiger partial charge in [0.15, 0.2) is 6.17 Å². The van der Waals surface area contributed by atoms with Crippen molar-refractivity contribution < 1.29 is 38.5 Å². The minimum absolute atomic E-state index is 0.110. The molecule has 1 saturated heterocycles. The first kappa shape index (κ1) is 22.5. The monoisotopic (exact) mass is 378 g/mol. The molecule has 1 heterocycles. The minimum atomic E-state index is -0.822. The van der Waals surface area contributed by atoms with Crippen molar-refractivity contribution in [2.24, 2.45) is 5.11 Å². The normalized spacial score (nSPS) is 15.7. The molecule has 1 atom stereocenters. The van der Waals surface area contributed by atoms with Crippen LogP contribution in [0.2, 0.25) is 0 Å². The van der Waals surface area contributed by atoms with E-state index in [1.54, 1.807) is 0 Å². The van der Waals surface area contributed by atoms with Crippen molar-refractivity contribution >= 4 is 5.97 Å². The number of carbonyl (C=O) groups is 1. The number of carboxylic acids is 1. The fourth-order valence-corrected chi connectivity index (χ4v) is 1.83. The van der Waals surface area contributed by atoms with E-state index in [-0.39, 0.29) is 13.0 Å². The fraction of sp³-hybridized carbons (Fsp3) is 0.929. The fourth-order valence-electron chi connectivity index (χ4n) is 1.83. The maximum Gasteiger partial charge on any atom is 0.303 e. The first-order chi connectivity index (χ1) is 12.7. The maximum atomic E-state index is 10.3. The van der Waals surface area contributed by atoms with Gasteiger partial charge in [-0.3, -0.25) is 14.5 Å². The Morgan fingerprint density at radius 1 is 1.04 bits per heavy atom. The van der Waals surface area contributed by atoms with Crippen molar-refractivity contribution in [3.8, 4) is 0 Å². The Morgan fingerprint density at radius 2 is 1.58 bits per heavy atom. The minimum Gasteiger partial charge on any atom is -0.481 e. The number of nitrogens with zero attached hydrogens (tertiary/aromatic N) is 4. The van der Waals surface area contributed by atoms with Crippen LogP contribution in [0.15, 0.2) is 5.11 Å². The summed E-state index contributed by atoms with van der Waals surface area (Å²) in [5.41, 5.74) is 8.52. The highest BCUT2D eigenvalue weighted by Gasteiger charge is 2.23. The summed E-state index contributed by atoms with van der Waals surface area (Å²) in [4.78, 5) is 23.3. The van der Waals surface area contributed by atoms with Crippen LogP contribution in [0.1, 0.15) is 12.8 Å². The number of hydroxylamine groups is 2. The summed E-state index contributed by atoms with van der Waals surface area (Å²) in [7, 11) is 0. The van der Waals surface area contributed by atoms with Crippen LogP contribution >= 0.6 is 0 Å². The third kappa shape index (κ3) is 12.0. The van der Waals surface area contributed by atoms with Gasteiger partial charge in [0.1, 0.15) is 0 Å². The Balaban J connectivity index is 1.84. The van der Waals surface area contributed by atoms with Gasteiger partial charge in [0.25, 0.3) is 0 Å². The van der Waals surface area contributed by atoms with Gasteiger partial charge in [-0.05, 0) is 12.0 Å². The van der Waals surface area contributed by atoms with Crippen molar-refractivity contribution in [1.82, 2.24) is 5.23 Å². The Labute approximate surface area is 151 Å². The molecule has 1 fully saturated rings. The van der Waals surface area contributed by atoms with Gasteiger partial charge in [0.05, 0.1) is 59.5 Å². The second-order valence-electron chi connectivity index (χ2n) is 5.05. The Kier molecular flexibility index (Phi) is 13.6. The highest BCUT2D eigenvalue weighted by atomic mass is 17.0. The quantitative estimate of drug-likeness (QED) is 0.167. The first-order valence-electron chi connectivity index (χ1n) is 8.36. The molecule has 1 rings (SSSR count). The molecule has 1 aliphatic heterocycles. The zero-order valence-electron chi connectivity index (χ0n) is 14.7. The summed E-state index contributed by atoms with van der Waals surface area (Å²) in [5.74, 6) is -0.822. The van der Waals surface area contributed by atoms with Gasteiger partial charge in [0.2, 0.25) is 0 Å². The summed E-state index contributed by atoms with van der Waals surface area (Å²) >= 11 is 0. The number of azide groups is 1. The Bertz CT molecular complexity index is 416. The van der Waals surface area contributed by atoms with E-state index >= 15 is 0 Å². The van der Waals surface area contributed by atoms with Crippen LogP contribution in [-0.4, -0.2) is 88.5 Å². The zero-order chi connectivity index (χ0) is 18.9. The zero-order valence-corrected chi connectivity index (χ0v) is 14.7. The second kappa shape index (κ2) is 15.7. The Morgan fingerprint density at radius 3 is 2.12 bits per heavy atom. The molecule has 26 heavy (non-hydrogen) atoms. The largest absolute Gasteiger partial charge is 0.481 e. The lowest BCUT2D eigenvalue weighted by molar-refractivity contribution is -0.327. The standard InChI is InChI=1S/C14H26N4O8/c15-17-16-13(18-25-10-11-26-18)12-24-9-8-23-7-6-22-5-4-21-3-1-2-14(19)20/h13H,1-12H2,(H,19,20). The molecule has 0 aromatic heterocycles. The molecule has 0 radical (unpaired) electrons. The lowest BCUT2D eigenvalue weighted by atomic mass is 10.3. The van der Waals surface area contributed by atoms with Crippen molar-refractivity contribution in [1.29, 1.82) is 0 Å². The smallest absolute Gasteiger partial charge is 0.303 e. The van der Waals surface area contributed by atoms with Crippen LogP contribution in [0.3, 0.4) is 0 Å². The highest BCUT2D eigenvalue weighted by Crippen LogP contribution is 2.09. The van der Waals surface area contributed by atoms with Crippen molar-refractivity contribution in [3.05, 3.63) is 10.4 Å². The number of ether oxygens (including phenoxy) is 4. The van der Waals surface area contributed by atoms with Crippen LogP contribution in [0, 0.1) is 0 Å². The van der Waals surface area contributed by atoms with E-state index in [1.807, 2.05) is 0 Å². The van der Waals surface area contributed by atoms with E-state index < -0.39 is 12.1 Å². The average molecular weight is 378 g/mol. The van der Waals surface area contributed by atoms with E-state index in [2.05, 4.69) is 10.0 Å². The van der Waals surface area contributed by atoms with Crippen molar-refractivity contribution in [3.63, 3.8) is 0 Å². The molecule has 0 spiro atoms. The molecular weight excluding hydrogens is 352 g/mol. The van der Waals surface area contributed by atoms with Crippen LogP contribution in [0.25, 0.3) is 10.4 Å². The Hall–Kier alpha value is -1.50. The summed E-state index contributed by atoms with van der Waals surface area (Å²) in [5, 5.41) is 13.1. The SMILES string of the molecule is [N-]=[N+]=NC(COCCOCCOCCOCCCC(=O)O)N1OCCO1. The molecule has 0 aromatic rings. The van der Waals surface area contributed by atoms with Crippen LogP contribution < -0.4 is 0 Å². The molecule has 150 valence electrons. The molecule has 0 bridgehead atoms. The molecular formula is C14H26N4O8. The second-order valence-corrected chi connectivity index (χ2v) is 5.05. The predicted molar refractivity (Wildman–Crippen MR) is 86.8 cm³/mol. The van der Waals surface area contributed by atoms with E-state index in [0.29, 0.717) is 65.9 Å². The molecule has 0 aromatic carbocycles. The number of carboxylic acid groups (broad SMARTS) is 1. The van der Waals surface area contributed by atoms with Gasteiger partial charge in [-0.25, -0.2) is 0 Å². The maximum absolute atomic E-state index is 10.3. The molecule has 1 N–H and O–H groups in total. The van der Waals surface area contributed by atoms with E-state index in [4.69, 9.17) is 39.3 Å². The molecule has 0 amide bonds. The van der Waals surface area contributed by atoms with Crippen molar-refractivity contribution in [2.45, 2.75) is 19.0 Å². The predicted octanol–water partition coefficient (Wildman–Crippen LogP) is 0.733. The van der Waals surface area contributed by atoms with Gasteiger partial charge in [-0.15, -0.1) is 0 Å². The molecule has 12 nitrogen and oxygen atoms in total. The van der Waals surface area contributed by atoms with Crippen molar-refractivity contribution in [2.75, 3.05) is 66.1 Å². The van der Waals surface area contributed by atoms with Crippen LogP contribution in [0.4, 0.5) is 0 Å². The van der Waals surface area contributed by atoms with E-state index in [1.165, 1.54) is 0 Å². The van der Waals surface area contributed by atoms with Gasteiger partial charge >= 0.3 is 5.97 Å². The van der Waals surface area contributed by atoms with Crippen LogP contribution in [0.5, 0.6) is 0 Å². The van der Waals surface area contributed by atoms with Gasteiger partial charge in [-0.1, -0.05) is 10.3 Å². The number of aliphatic carboxylic acids is 1. The van der Waals surface area contributed by atoms with Gasteiger partial charge in [-0.2, -0.15) is 0 Å². The highest BCUT2D eigenvalue weighted by molar-refractivity contribution is 5.66. The summed E-state index contributed by atoms with van der Waals surface area (Å²) in [6.07, 6.45) is -0.0747. The average Bonchev–Trinajstić information content (AvgIpc) is 3.15. The first-order valence-corrected chi connectivity index (χ1v) is 8.36. The van der Waals surface area contributed by atoms with Gasteiger partial charge < -0.3 is 24.1 Å². The lowest BCUT2D eigenvalue weighted by Crippen LogP contribution is -2.33. The van der Waals surface area contributed by atoms with E-state index in [9.17, 15) is 4.79 Å². The topological polar surface area (TPSA) is 145 Å². The molecule has 0 aliphatic carbocycles. The number of rotatable bonds is 17. The number of hydrogen-bond acceptors (Lipinski definition) is 9. The number of hydrogen-bond donors (Lipinski definition) is 1. The van der Waals surface area contributed by atoms with Gasteiger partial charge in [0, 0.05) is 17.9 Å². The summed E-state index contributed by atoms with van der Waals surface area (Å²) in [6.45, 7) is 3.76. The van der Waals surface area contributed by atoms with E-state index in [0.717, 1.165) is 5.23 Å². The third-order valence-corrected chi connectivity index (χ3v) is 3.01. The summed E-state index contributed by atoms with van der Waals surface area (Å²) in [6, 6.07) is 0. The molecule has 1 aliphatic rings. The molecule has 0 saturated carbocycles. The molecule has 12 heteroatoms. The third-order valence-electron chi connectivity index (χ3n) is 3.01. The lowest BCUT2D eigenvalue weighted by Gasteiger charge is -2.19. The summed E-state index contributed by atoms with van der Waals surface area (Å²) < 4.78 is 21.2.